The third kappa shape index (κ3) is 6.47. The lowest BCUT2D eigenvalue weighted by atomic mass is 9.33. The van der Waals surface area contributed by atoms with Crippen molar-refractivity contribution >= 4 is 89.7 Å². The summed E-state index contributed by atoms with van der Waals surface area (Å²) in [6, 6.07) is 90.3. The van der Waals surface area contributed by atoms with E-state index >= 15 is 0 Å². The van der Waals surface area contributed by atoms with Crippen molar-refractivity contribution in [1.29, 1.82) is 0 Å². The molecule has 11 aromatic carbocycles. The molecule has 12 aromatic rings. The molecule has 320 valence electrons. The van der Waals surface area contributed by atoms with Gasteiger partial charge in [-0.1, -0.05) is 194 Å². The Hall–Kier alpha value is -9.06. The number of aromatic nitrogens is 2. The minimum atomic E-state index is -0.0830. The molecule has 0 spiro atoms. The fourth-order valence-electron chi connectivity index (χ4n) is 10.9. The molecule has 0 saturated carbocycles. The van der Waals surface area contributed by atoms with E-state index in [1.165, 1.54) is 60.2 Å². The Morgan fingerprint density at radius 3 is 1.20 bits per heavy atom. The van der Waals surface area contributed by atoms with Crippen LogP contribution in [0.5, 0.6) is 0 Å². The number of hydrogen-bond donors (Lipinski definition) is 0. The van der Waals surface area contributed by atoms with Gasteiger partial charge in [0.05, 0.1) is 11.2 Å². The summed E-state index contributed by atoms with van der Waals surface area (Å²) in [6.45, 7) is -0.0830. The first kappa shape index (κ1) is 39.1. The molecule has 5 heteroatoms. The van der Waals surface area contributed by atoms with Gasteiger partial charge in [-0.3, -0.25) is 0 Å². The fraction of sp³-hybridized carbons (Fsp3) is 0. The molecule has 0 bridgehead atoms. The number of rotatable bonds is 6. The van der Waals surface area contributed by atoms with E-state index in [0.717, 1.165) is 61.8 Å². The second-order valence-electron chi connectivity index (χ2n) is 18.2. The van der Waals surface area contributed by atoms with Crippen molar-refractivity contribution in [2.75, 3.05) is 9.80 Å². The molecule has 69 heavy (non-hydrogen) atoms. The van der Waals surface area contributed by atoms with E-state index in [2.05, 4.69) is 259 Å². The lowest BCUT2D eigenvalue weighted by Gasteiger charge is -2.44. The standard InChI is InChI=1S/C64H41BN4/c1-4-16-42(17-5-1)44-28-32-52(33-29-44)68-58-38-49-24-12-10-22-47(49)36-55(58)65-56-37-48-23-11-13-25-50(48)39-59(56)69(53-34-30-45(31-35-53)43-18-6-2-7-19-43)61-41-51(40-60(68)62(61)65)64-66-57-27-15-14-26-54(57)63(67-64)46-20-8-3-9-21-46/h1-41H. The van der Waals surface area contributed by atoms with Gasteiger partial charge < -0.3 is 9.80 Å². The van der Waals surface area contributed by atoms with Crippen LogP contribution in [0.4, 0.5) is 34.1 Å². The number of para-hydroxylation sites is 1. The minimum Gasteiger partial charge on any atom is -0.311 e. The Labute approximate surface area is 401 Å². The van der Waals surface area contributed by atoms with E-state index in [0.29, 0.717) is 5.82 Å². The second kappa shape index (κ2) is 15.8. The number of hydrogen-bond acceptors (Lipinski definition) is 4. The van der Waals surface area contributed by atoms with Crippen LogP contribution in [0, 0.1) is 0 Å². The smallest absolute Gasteiger partial charge is 0.252 e. The van der Waals surface area contributed by atoms with Crippen molar-refractivity contribution in [3.05, 3.63) is 249 Å². The lowest BCUT2D eigenvalue weighted by Crippen LogP contribution is -2.61. The first-order valence-corrected chi connectivity index (χ1v) is 23.7. The van der Waals surface area contributed by atoms with Crippen LogP contribution >= 0.6 is 0 Å². The van der Waals surface area contributed by atoms with Crippen LogP contribution in [0.25, 0.3) is 77.3 Å². The van der Waals surface area contributed by atoms with Gasteiger partial charge in [-0.05, 0) is 115 Å². The van der Waals surface area contributed by atoms with Crippen molar-refractivity contribution in [2.45, 2.75) is 0 Å². The van der Waals surface area contributed by atoms with E-state index in [9.17, 15) is 0 Å². The van der Waals surface area contributed by atoms with Crippen LogP contribution in [-0.4, -0.2) is 16.7 Å². The molecule has 0 amide bonds. The summed E-state index contributed by atoms with van der Waals surface area (Å²) in [5.74, 6) is 0.676. The summed E-state index contributed by atoms with van der Waals surface area (Å²) in [4.78, 5) is 15.9. The fourth-order valence-corrected chi connectivity index (χ4v) is 10.9. The van der Waals surface area contributed by atoms with Crippen LogP contribution in [0.1, 0.15) is 0 Å². The molecule has 0 N–H and O–H groups in total. The number of anilines is 6. The largest absolute Gasteiger partial charge is 0.311 e. The Kier molecular flexibility index (Phi) is 8.96. The zero-order valence-corrected chi connectivity index (χ0v) is 37.5. The highest BCUT2D eigenvalue weighted by Crippen LogP contribution is 2.47. The molecule has 0 atom stereocenters. The first-order chi connectivity index (χ1) is 34.2. The zero-order valence-electron chi connectivity index (χ0n) is 37.5. The summed E-state index contributed by atoms with van der Waals surface area (Å²) in [7, 11) is 0. The highest BCUT2D eigenvalue weighted by atomic mass is 15.2. The third-order valence-electron chi connectivity index (χ3n) is 14.2. The van der Waals surface area contributed by atoms with E-state index in [1.807, 2.05) is 0 Å². The van der Waals surface area contributed by atoms with Gasteiger partial charge in [-0.25, -0.2) is 9.97 Å². The zero-order chi connectivity index (χ0) is 45.4. The highest BCUT2D eigenvalue weighted by molar-refractivity contribution is 7.00. The van der Waals surface area contributed by atoms with Gasteiger partial charge in [-0.2, -0.15) is 0 Å². The Morgan fingerprint density at radius 2 is 0.710 bits per heavy atom. The summed E-state index contributed by atoms with van der Waals surface area (Å²) in [5, 5.41) is 5.85. The molecule has 4 nitrogen and oxygen atoms in total. The maximum atomic E-state index is 5.51. The molecule has 0 fully saturated rings. The normalized spacial score (nSPS) is 12.6. The van der Waals surface area contributed by atoms with Crippen LogP contribution in [0.2, 0.25) is 0 Å². The maximum absolute atomic E-state index is 5.51. The molecule has 0 saturated heterocycles. The number of nitrogens with zero attached hydrogens (tertiary/aromatic N) is 4. The van der Waals surface area contributed by atoms with Crippen molar-refractivity contribution in [2.24, 2.45) is 0 Å². The molecule has 2 aliphatic heterocycles. The van der Waals surface area contributed by atoms with E-state index in [4.69, 9.17) is 9.97 Å². The summed E-state index contributed by atoms with van der Waals surface area (Å²) in [5.41, 5.74) is 19.0. The molecular formula is C64H41BN4. The van der Waals surface area contributed by atoms with Crippen molar-refractivity contribution in [3.63, 3.8) is 0 Å². The van der Waals surface area contributed by atoms with Gasteiger partial charge >= 0.3 is 0 Å². The lowest BCUT2D eigenvalue weighted by molar-refractivity contribution is 1.21. The Bertz CT molecular complexity index is 3760. The van der Waals surface area contributed by atoms with E-state index in [1.54, 1.807) is 0 Å². The van der Waals surface area contributed by atoms with E-state index < -0.39 is 0 Å². The monoisotopic (exact) mass is 876 g/mol. The summed E-state index contributed by atoms with van der Waals surface area (Å²) < 4.78 is 0. The molecule has 0 radical (unpaired) electrons. The minimum absolute atomic E-state index is 0.0830. The molecule has 14 rings (SSSR count). The third-order valence-corrected chi connectivity index (χ3v) is 14.2. The summed E-state index contributed by atoms with van der Waals surface area (Å²) >= 11 is 0. The van der Waals surface area contributed by atoms with Crippen LogP contribution in [0.3, 0.4) is 0 Å². The van der Waals surface area contributed by atoms with Gasteiger partial charge in [0, 0.05) is 50.6 Å². The van der Waals surface area contributed by atoms with Gasteiger partial charge in [0.25, 0.3) is 6.71 Å². The van der Waals surface area contributed by atoms with Gasteiger partial charge in [0.2, 0.25) is 0 Å². The predicted molar refractivity (Wildman–Crippen MR) is 290 cm³/mol. The van der Waals surface area contributed by atoms with Gasteiger partial charge in [-0.15, -0.1) is 0 Å². The topological polar surface area (TPSA) is 32.3 Å². The molecule has 3 heterocycles. The Balaban J connectivity index is 1.09. The predicted octanol–water partition coefficient (Wildman–Crippen LogP) is 14.7. The van der Waals surface area contributed by atoms with Crippen LogP contribution in [0.15, 0.2) is 249 Å². The average Bonchev–Trinajstić information content (AvgIpc) is 3.42. The van der Waals surface area contributed by atoms with Crippen LogP contribution in [-0.2, 0) is 0 Å². The molecule has 1 aromatic heterocycles. The molecule has 2 aliphatic rings. The van der Waals surface area contributed by atoms with Crippen molar-refractivity contribution in [3.8, 4) is 44.9 Å². The second-order valence-corrected chi connectivity index (χ2v) is 18.2. The Morgan fingerprint density at radius 1 is 0.304 bits per heavy atom. The van der Waals surface area contributed by atoms with E-state index in [-0.39, 0.29) is 6.71 Å². The van der Waals surface area contributed by atoms with Gasteiger partial charge in [0.1, 0.15) is 0 Å². The quantitative estimate of drug-likeness (QED) is 0.156. The average molecular weight is 877 g/mol. The van der Waals surface area contributed by atoms with Crippen molar-refractivity contribution < 1.29 is 0 Å². The molecular weight excluding hydrogens is 836 g/mol. The molecule has 0 aliphatic carbocycles. The summed E-state index contributed by atoms with van der Waals surface area (Å²) in [6.07, 6.45) is 0. The SMILES string of the molecule is c1ccc(-c2ccc(N3c4cc5ccccc5cc4B4c5cc6ccccc6cc5N(c5ccc(-c6ccccc6)cc5)c5cc(-c6nc(-c7ccccc7)c7ccccc7n6)cc3c54)cc2)cc1. The number of benzene rings is 11. The molecule has 0 unspecified atom stereocenters. The van der Waals surface area contributed by atoms with Gasteiger partial charge in [0.15, 0.2) is 5.82 Å². The highest BCUT2D eigenvalue weighted by Gasteiger charge is 2.44. The van der Waals surface area contributed by atoms with Crippen LogP contribution < -0.4 is 26.2 Å². The first-order valence-electron chi connectivity index (χ1n) is 23.7. The number of fused-ring (bicyclic) bond motifs is 7. The van der Waals surface area contributed by atoms with Crippen molar-refractivity contribution in [1.82, 2.24) is 9.97 Å². The maximum Gasteiger partial charge on any atom is 0.252 e.